The van der Waals surface area contributed by atoms with Gasteiger partial charge in [0.1, 0.15) is 30.5 Å². The highest BCUT2D eigenvalue weighted by atomic mass is 16.5. The van der Waals surface area contributed by atoms with Gasteiger partial charge in [0.2, 0.25) is 0 Å². The highest BCUT2D eigenvalue weighted by molar-refractivity contribution is 5.86. The Kier molecular flexibility index (Phi) is 5.66. The third-order valence-corrected chi connectivity index (χ3v) is 4.47. The molecule has 0 aliphatic carbocycles. The number of hydrogen-bond acceptors (Lipinski definition) is 3. The van der Waals surface area contributed by atoms with E-state index in [4.69, 9.17) is 9.47 Å². The predicted molar refractivity (Wildman–Crippen MR) is 103 cm³/mol. The molecule has 26 heavy (non-hydrogen) atoms. The van der Waals surface area contributed by atoms with Crippen LogP contribution >= 0.6 is 0 Å². The second kappa shape index (κ2) is 8.13. The van der Waals surface area contributed by atoms with E-state index in [0.717, 1.165) is 35.6 Å². The molecular weight excluding hydrogens is 328 g/mol. The Labute approximate surface area is 153 Å². The van der Waals surface area contributed by atoms with Crippen LogP contribution in [0.15, 0.2) is 36.7 Å². The van der Waals surface area contributed by atoms with Gasteiger partial charge in [-0.15, -0.1) is 0 Å². The average molecular weight is 354 g/mol. The molecule has 0 amide bonds. The van der Waals surface area contributed by atoms with Crippen molar-refractivity contribution in [2.75, 3.05) is 13.2 Å². The van der Waals surface area contributed by atoms with Crippen molar-refractivity contribution < 1.29 is 14.3 Å². The van der Waals surface area contributed by atoms with E-state index in [0.29, 0.717) is 19.6 Å². The third kappa shape index (κ3) is 4.48. The fourth-order valence-corrected chi connectivity index (χ4v) is 3.17. The van der Waals surface area contributed by atoms with Gasteiger partial charge in [0, 0.05) is 42.5 Å². The molecule has 2 heterocycles. The number of nitrogens with one attached hydrogen (secondary N) is 1. The number of carbonyl (C=O) groups is 1. The summed E-state index contributed by atoms with van der Waals surface area (Å²) in [6, 6.07) is 8.02. The Balaban J connectivity index is 1.60. The predicted octanol–water partition coefficient (Wildman–Crippen LogP) is 4.18. The monoisotopic (exact) mass is 354 g/mol. The summed E-state index contributed by atoms with van der Waals surface area (Å²) < 4.78 is 13.5. The maximum Gasteiger partial charge on any atom is 0.137 e. The number of rotatable bonds is 9. The number of carbonyl (C=O) groups excluding carboxylic acids is 1. The van der Waals surface area contributed by atoms with E-state index < -0.39 is 0 Å². The lowest BCUT2D eigenvalue weighted by atomic mass is 10.0. The van der Waals surface area contributed by atoms with E-state index in [9.17, 15) is 4.79 Å². The summed E-state index contributed by atoms with van der Waals surface area (Å²) in [5.74, 6) is 1.92. The maximum absolute atomic E-state index is 11.2. The standard InChI is InChI=1S/C21H26N2O3/c1-15(24)5-4-6-19-16(2)22-21-8-7-17(13-20(19)21)25-11-12-26-18-9-10-23(3)14-18/h7-10,13-14,22H,4-6,11-12H2,1-3H3. The molecule has 0 spiro atoms. The molecule has 3 aromatic rings. The number of aromatic nitrogens is 2. The number of H-pyrrole nitrogens is 1. The van der Waals surface area contributed by atoms with Crippen LogP contribution < -0.4 is 9.47 Å². The van der Waals surface area contributed by atoms with Crippen molar-refractivity contribution in [1.29, 1.82) is 0 Å². The van der Waals surface area contributed by atoms with Gasteiger partial charge in [0.15, 0.2) is 0 Å². The molecule has 5 heteroatoms. The van der Waals surface area contributed by atoms with E-state index in [-0.39, 0.29) is 5.78 Å². The molecule has 1 aromatic carbocycles. The molecule has 0 saturated heterocycles. The van der Waals surface area contributed by atoms with E-state index in [1.165, 1.54) is 10.9 Å². The van der Waals surface area contributed by atoms with Crippen molar-refractivity contribution in [3.63, 3.8) is 0 Å². The maximum atomic E-state index is 11.2. The number of aromatic amines is 1. The Morgan fingerprint density at radius 1 is 1.15 bits per heavy atom. The van der Waals surface area contributed by atoms with Crippen molar-refractivity contribution in [1.82, 2.24) is 9.55 Å². The van der Waals surface area contributed by atoms with Crippen molar-refractivity contribution in [3.8, 4) is 11.5 Å². The molecule has 0 aliphatic heterocycles. The van der Waals surface area contributed by atoms with Crippen LogP contribution in [0.1, 0.15) is 31.0 Å². The molecule has 0 bridgehead atoms. The van der Waals surface area contributed by atoms with Crippen LogP contribution in [0.4, 0.5) is 0 Å². The van der Waals surface area contributed by atoms with Gasteiger partial charge in [-0.25, -0.2) is 0 Å². The fraction of sp³-hybridized carbons (Fsp3) is 0.381. The quantitative estimate of drug-likeness (QED) is 0.586. The summed E-state index contributed by atoms with van der Waals surface area (Å²) in [4.78, 5) is 14.6. The molecule has 1 N–H and O–H groups in total. The van der Waals surface area contributed by atoms with Crippen molar-refractivity contribution in [3.05, 3.63) is 47.9 Å². The number of hydrogen-bond donors (Lipinski definition) is 1. The minimum Gasteiger partial charge on any atom is -0.490 e. The summed E-state index contributed by atoms with van der Waals surface area (Å²) >= 11 is 0. The SMILES string of the molecule is CC(=O)CCCc1c(C)[nH]c2ccc(OCCOc3ccn(C)c3)cc12. The number of fused-ring (bicyclic) bond motifs is 1. The number of Topliss-reactive ketones (excluding diaryl/α,β-unsaturated/α-hetero) is 1. The largest absolute Gasteiger partial charge is 0.490 e. The molecule has 5 nitrogen and oxygen atoms in total. The number of ether oxygens (including phenoxy) is 2. The van der Waals surface area contributed by atoms with Crippen molar-refractivity contribution in [2.24, 2.45) is 7.05 Å². The Morgan fingerprint density at radius 3 is 2.62 bits per heavy atom. The van der Waals surface area contributed by atoms with Crippen molar-refractivity contribution >= 4 is 16.7 Å². The lowest BCUT2D eigenvalue weighted by Gasteiger charge is -2.08. The van der Waals surface area contributed by atoms with Crippen LogP contribution in [0.5, 0.6) is 11.5 Å². The molecule has 0 fully saturated rings. The van der Waals surface area contributed by atoms with Crippen LogP contribution in [0, 0.1) is 6.92 Å². The van der Waals surface area contributed by atoms with Gasteiger partial charge in [0.25, 0.3) is 0 Å². The van der Waals surface area contributed by atoms with Gasteiger partial charge in [-0.1, -0.05) is 0 Å². The normalized spacial score (nSPS) is 11.0. The highest BCUT2D eigenvalue weighted by Gasteiger charge is 2.10. The van der Waals surface area contributed by atoms with Gasteiger partial charge in [-0.2, -0.15) is 0 Å². The van der Waals surface area contributed by atoms with E-state index in [1.54, 1.807) is 6.92 Å². The van der Waals surface area contributed by atoms with Crippen LogP contribution in [0.2, 0.25) is 0 Å². The highest BCUT2D eigenvalue weighted by Crippen LogP contribution is 2.27. The first-order valence-corrected chi connectivity index (χ1v) is 9.01. The average Bonchev–Trinajstić information content (AvgIpc) is 3.14. The van der Waals surface area contributed by atoms with Crippen molar-refractivity contribution in [2.45, 2.75) is 33.1 Å². The summed E-state index contributed by atoms with van der Waals surface area (Å²) in [6.45, 7) is 4.71. The number of ketones is 1. The zero-order chi connectivity index (χ0) is 18.5. The van der Waals surface area contributed by atoms with E-state index >= 15 is 0 Å². The van der Waals surface area contributed by atoms with Gasteiger partial charge in [-0.05, 0) is 56.5 Å². The topological polar surface area (TPSA) is 56.3 Å². The smallest absolute Gasteiger partial charge is 0.137 e. The first kappa shape index (κ1) is 18.1. The van der Waals surface area contributed by atoms with Crippen LogP contribution in [-0.2, 0) is 18.3 Å². The first-order chi connectivity index (χ1) is 12.5. The van der Waals surface area contributed by atoms with Gasteiger partial charge >= 0.3 is 0 Å². The molecule has 3 rings (SSSR count). The molecule has 2 aromatic heterocycles. The van der Waals surface area contributed by atoms with E-state index in [2.05, 4.69) is 18.0 Å². The molecule has 0 unspecified atom stereocenters. The zero-order valence-electron chi connectivity index (χ0n) is 15.7. The minimum absolute atomic E-state index is 0.241. The summed E-state index contributed by atoms with van der Waals surface area (Å²) in [5, 5.41) is 1.17. The Morgan fingerprint density at radius 2 is 1.92 bits per heavy atom. The second-order valence-electron chi connectivity index (χ2n) is 6.70. The van der Waals surface area contributed by atoms with Crippen LogP contribution in [-0.4, -0.2) is 28.5 Å². The minimum atomic E-state index is 0.241. The van der Waals surface area contributed by atoms with E-state index in [1.807, 2.05) is 42.2 Å². The Hall–Kier alpha value is -2.69. The summed E-state index contributed by atoms with van der Waals surface area (Å²) in [7, 11) is 1.96. The number of benzene rings is 1. The summed E-state index contributed by atoms with van der Waals surface area (Å²) in [6.07, 6.45) is 6.28. The molecule has 138 valence electrons. The molecule has 0 radical (unpaired) electrons. The molecular formula is C21H26N2O3. The molecule has 0 atom stereocenters. The third-order valence-electron chi connectivity index (χ3n) is 4.47. The molecule has 0 aliphatic rings. The molecule has 0 saturated carbocycles. The second-order valence-corrected chi connectivity index (χ2v) is 6.70. The number of nitrogens with zero attached hydrogens (tertiary/aromatic N) is 1. The number of aryl methyl sites for hydroxylation is 3. The lowest BCUT2D eigenvalue weighted by molar-refractivity contribution is -0.117. The zero-order valence-corrected chi connectivity index (χ0v) is 15.7. The summed E-state index contributed by atoms with van der Waals surface area (Å²) in [5.41, 5.74) is 3.54. The first-order valence-electron chi connectivity index (χ1n) is 9.01. The van der Waals surface area contributed by atoms with Gasteiger partial charge in [-0.3, -0.25) is 0 Å². The fourth-order valence-electron chi connectivity index (χ4n) is 3.17. The van der Waals surface area contributed by atoms with Crippen LogP contribution in [0.25, 0.3) is 10.9 Å². The van der Waals surface area contributed by atoms with Gasteiger partial charge in [0.05, 0.1) is 0 Å². The van der Waals surface area contributed by atoms with Crippen LogP contribution in [0.3, 0.4) is 0 Å². The van der Waals surface area contributed by atoms with Gasteiger partial charge < -0.3 is 23.8 Å². The Bertz CT molecular complexity index is 892. The lowest BCUT2D eigenvalue weighted by Crippen LogP contribution is -2.08.